The Morgan fingerprint density at radius 3 is 2.29 bits per heavy atom. The Morgan fingerprint density at radius 1 is 1.12 bits per heavy atom. The fourth-order valence-corrected chi connectivity index (χ4v) is 5.17. The number of allylic oxidation sites excluding steroid dienone is 2. The van der Waals surface area contributed by atoms with Crippen LogP contribution < -0.4 is 5.43 Å². The van der Waals surface area contributed by atoms with Gasteiger partial charge in [-0.05, 0) is 48.3 Å². The molecule has 0 unspecified atom stereocenters. The number of nitrogens with zero attached hydrogens (tertiary/aromatic N) is 1. The Balaban J connectivity index is 1.41. The first-order valence-electron chi connectivity index (χ1n) is 8.16. The van der Waals surface area contributed by atoms with E-state index in [1.165, 1.54) is 6.07 Å². The number of carbonyl (C=O) groups is 3. The van der Waals surface area contributed by atoms with Crippen LogP contribution in [-0.4, -0.2) is 22.7 Å². The summed E-state index contributed by atoms with van der Waals surface area (Å²) in [6.45, 7) is 0. The molecule has 2 saturated carbocycles. The third-order valence-corrected chi connectivity index (χ3v) is 6.39. The highest BCUT2D eigenvalue weighted by Gasteiger charge is 2.73. The fourth-order valence-electron chi connectivity index (χ4n) is 4.98. The molecule has 1 aliphatic heterocycles. The zero-order valence-corrected chi connectivity index (χ0v) is 13.5. The number of benzene rings is 1. The van der Waals surface area contributed by atoms with E-state index in [9.17, 15) is 14.4 Å². The van der Waals surface area contributed by atoms with Crippen LogP contribution in [0.1, 0.15) is 23.2 Å². The van der Waals surface area contributed by atoms with Gasteiger partial charge in [-0.15, -0.1) is 0 Å². The van der Waals surface area contributed by atoms with Gasteiger partial charge in [-0.3, -0.25) is 19.8 Å². The summed E-state index contributed by atoms with van der Waals surface area (Å²) in [5.74, 6) is -1.37. The van der Waals surface area contributed by atoms with Crippen molar-refractivity contribution < 1.29 is 14.4 Å². The average Bonchev–Trinajstić information content (AvgIpc) is 3.17. The van der Waals surface area contributed by atoms with Gasteiger partial charge in [0, 0.05) is 10.6 Å². The Morgan fingerprint density at radius 2 is 1.75 bits per heavy atom. The number of hydrogen-bond acceptors (Lipinski definition) is 3. The molecule has 3 amide bonds. The Bertz CT molecular complexity index is 795. The molecule has 5 rings (SSSR count). The van der Waals surface area contributed by atoms with Crippen molar-refractivity contribution in [3.05, 3.63) is 47.0 Å². The van der Waals surface area contributed by atoms with Crippen LogP contribution in [0.4, 0.5) is 0 Å². The number of halogens is 1. The highest BCUT2D eigenvalue weighted by atomic mass is 35.5. The lowest BCUT2D eigenvalue weighted by Crippen LogP contribution is -2.47. The van der Waals surface area contributed by atoms with E-state index in [0.717, 1.165) is 17.9 Å². The summed E-state index contributed by atoms with van der Waals surface area (Å²) in [7, 11) is 0. The topological polar surface area (TPSA) is 66.5 Å². The van der Waals surface area contributed by atoms with Crippen molar-refractivity contribution in [1.29, 1.82) is 0 Å². The first-order chi connectivity index (χ1) is 11.5. The fraction of sp³-hybridized carbons (Fsp3) is 0.389. The molecular formula is C18H15ClN2O3. The summed E-state index contributed by atoms with van der Waals surface area (Å²) in [5.41, 5.74) is 2.95. The number of fused-ring (bicyclic) bond motifs is 3. The number of hydrogen-bond donors (Lipinski definition) is 1. The molecule has 1 N–H and O–H groups in total. The standard InChI is InChI=1S/C18H15ClN2O3/c19-10-3-1-2-9(8-10)15(22)20-21-16(23)13-11-4-5-12(14(13)17(21)24)18(11)6-7-18/h1-5,8,11-14H,6-7H2,(H,20,22)/t11-,12+,13-,14+. The van der Waals surface area contributed by atoms with Crippen LogP contribution in [0.5, 0.6) is 0 Å². The lowest BCUT2D eigenvalue weighted by molar-refractivity contribution is -0.144. The second-order valence-electron chi connectivity index (χ2n) is 7.18. The number of nitrogens with one attached hydrogen (secondary N) is 1. The maximum absolute atomic E-state index is 12.8. The summed E-state index contributed by atoms with van der Waals surface area (Å²) >= 11 is 5.89. The largest absolute Gasteiger partial charge is 0.272 e. The van der Waals surface area contributed by atoms with E-state index in [1.54, 1.807) is 18.2 Å². The van der Waals surface area contributed by atoms with Crippen molar-refractivity contribution in [3.63, 3.8) is 0 Å². The minimum Gasteiger partial charge on any atom is -0.272 e. The van der Waals surface area contributed by atoms with E-state index < -0.39 is 5.91 Å². The van der Waals surface area contributed by atoms with Crippen LogP contribution in [0.3, 0.4) is 0 Å². The van der Waals surface area contributed by atoms with Gasteiger partial charge >= 0.3 is 0 Å². The second-order valence-corrected chi connectivity index (χ2v) is 7.62. The summed E-state index contributed by atoms with van der Waals surface area (Å²) < 4.78 is 0. The summed E-state index contributed by atoms with van der Waals surface area (Å²) in [5, 5.41) is 1.36. The van der Waals surface area contributed by atoms with Gasteiger partial charge in [0.2, 0.25) is 0 Å². The Hall–Kier alpha value is -2.14. The van der Waals surface area contributed by atoms with Crippen LogP contribution in [0.25, 0.3) is 0 Å². The lowest BCUT2D eigenvalue weighted by Gasteiger charge is -2.22. The Kier molecular flexibility index (Phi) is 2.65. The molecule has 1 aromatic rings. The maximum atomic E-state index is 12.8. The Labute approximate surface area is 143 Å². The van der Waals surface area contributed by atoms with Crippen molar-refractivity contribution >= 4 is 29.3 Å². The van der Waals surface area contributed by atoms with Gasteiger partial charge in [-0.2, -0.15) is 5.01 Å². The molecule has 0 radical (unpaired) electrons. The van der Waals surface area contributed by atoms with Crippen molar-refractivity contribution in [2.75, 3.05) is 0 Å². The molecule has 2 bridgehead atoms. The van der Waals surface area contributed by atoms with E-state index in [1.807, 2.05) is 0 Å². The molecule has 3 fully saturated rings. The summed E-state index contributed by atoms with van der Waals surface area (Å²) in [4.78, 5) is 37.9. The smallest absolute Gasteiger partial charge is 0.270 e. The van der Waals surface area contributed by atoms with Gasteiger partial charge in [0.15, 0.2) is 0 Å². The quantitative estimate of drug-likeness (QED) is 0.661. The zero-order chi connectivity index (χ0) is 16.6. The predicted molar refractivity (Wildman–Crippen MR) is 85.5 cm³/mol. The molecule has 1 saturated heterocycles. The van der Waals surface area contributed by atoms with Crippen molar-refractivity contribution in [3.8, 4) is 0 Å². The molecule has 4 atom stereocenters. The van der Waals surface area contributed by atoms with E-state index in [4.69, 9.17) is 11.6 Å². The molecular weight excluding hydrogens is 328 g/mol. The molecule has 1 spiro atoms. The van der Waals surface area contributed by atoms with E-state index in [2.05, 4.69) is 17.6 Å². The van der Waals surface area contributed by atoms with E-state index >= 15 is 0 Å². The lowest BCUT2D eigenvalue weighted by atomic mass is 9.85. The third-order valence-electron chi connectivity index (χ3n) is 6.15. The van der Waals surface area contributed by atoms with Crippen molar-refractivity contribution in [2.45, 2.75) is 12.8 Å². The second kappa shape index (κ2) is 4.48. The molecule has 6 heteroatoms. The first kappa shape index (κ1) is 14.2. The van der Waals surface area contributed by atoms with Crippen LogP contribution in [0.2, 0.25) is 5.02 Å². The number of rotatable bonds is 2. The normalized spacial score (nSPS) is 34.1. The van der Waals surface area contributed by atoms with Gasteiger partial charge in [-0.1, -0.05) is 29.8 Å². The van der Waals surface area contributed by atoms with Crippen LogP contribution in [0.15, 0.2) is 36.4 Å². The first-order valence-corrected chi connectivity index (χ1v) is 8.53. The number of imide groups is 1. The zero-order valence-electron chi connectivity index (χ0n) is 12.7. The number of hydrazine groups is 1. The molecule has 0 aromatic heterocycles. The average molecular weight is 343 g/mol. The highest BCUT2D eigenvalue weighted by molar-refractivity contribution is 6.31. The minimum absolute atomic E-state index is 0.150. The monoisotopic (exact) mass is 342 g/mol. The number of amides is 3. The van der Waals surface area contributed by atoms with Crippen LogP contribution in [0, 0.1) is 29.1 Å². The minimum atomic E-state index is -0.499. The number of carbonyl (C=O) groups excluding carboxylic acids is 3. The van der Waals surface area contributed by atoms with Gasteiger partial charge in [0.05, 0.1) is 11.8 Å². The van der Waals surface area contributed by atoms with Gasteiger partial charge in [0.1, 0.15) is 0 Å². The van der Waals surface area contributed by atoms with E-state index in [0.29, 0.717) is 10.6 Å². The highest BCUT2D eigenvalue weighted by Crippen LogP contribution is 2.73. The predicted octanol–water partition coefficient (Wildman–Crippen LogP) is 2.18. The third kappa shape index (κ3) is 1.63. The van der Waals surface area contributed by atoms with Gasteiger partial charge in [-0.25, -0.2) is 0 Å². The molecule has 5 nitrogen and oxygen atoms in total. The van der Waals surface area contributed by atoms with Crippen LogP contribution in [-0.2, 0) is 9.59 Å². The summed E-state index contributed by atoms with van der Waals surface area (Å²) in [6.07, 6.45) is 6.40. The van der Waals surface area contributed by atoms with Crippen LogP contribution >= 0.6 is 11.6 Å². The molecule has 3 aliphatic carbocycles. The van der Waals surface area contributed by atoms with Crippen molar-refractivity contribution in [2.24, 2.45) is 29.1 Å². The molecule has 1 aromatic carbocycles. The van der Waals surface area contributed by atoms with Gasteiger partial charge < -0.3 is 0 Å². The molecule has 1 heterocycles. The molecule has 24 heavy (non-hydrogen) atoms. The molecule has 4 aliphatic rings. The molecule has 122 valence electrons. The maximum Gasteiger partial charge on any atom is 0.270 e. The van der Waals surface area contributed by atoms with Crippen molar-refractivity contribution in [1.82, 2.24) is 10.4 Å². The van der Waals surface area contributed by atoms with Gasteiger partial charge in [0.25, 0.3) is 17.7 Å². The SMILES string of the molecule is O=C(NN1C(=O)[C@@H]2[C@H](C1=O)[C@H]1C=C[C@@H]2C12CC2)c1cccc(Cl)c1. The van der Waals surface area contributed by atoms with E-state index in [-0.39, 0.29) is 40.9 Å². The summed E-state index contributed by atoms with van der Waals surface area (Å²) in [6, 6.07) is 6.42.